The smallest absolute Gasteiger partial charge is 0.142 e. The Hall–Kier alpha value is -0.410. The van der Waals surface area contributed by atoms with E-state index in [0.29, 0.717) is 4.47 Å². The largest absolute Gasteiger partial charge is 0.310 e. The van der Waals surface area contributed by atoms with E-state index < -0.39 is 0 Å². The van der Waals surface area contributed by atoms with Crippen LogP contribution in [0.4, 0.5) is 4.39 Å². The second-order valence-electron chi connectivity index (χ2n) is 5.00. The van der Waals surface area contributed by atoms with Crippen molar-refractivity contribution in [3.63, 3.8) is 0 Å². The summed E-state index contributed by atoms with van der Waals surface area (Å²) in [5.74, 6) is -0.164. The van der Waals surface area contributed by atoms with Gasteiger partial charge in [-0.25, -0.2) is 4.39 Å². The Morgan fingerprint density at radius 1 is 1.38 bits per heavy atom. The predicted octanol–water partition coefficient (Wildman–Crippen LogP) is 4.28. The van der Waals surface area contributed by atoms with Gasteiger partial charge < -0.3 is 5.32 Å². The first kappa shape index (κ1) is 13.7. The molecule has 1 nitrogen and oxygen atoms in total. The number of halogens is 2. The van der Waals surface area contributed by atoms with Crippen LogP contribution in [0.2, 0.25) is 0 Å². The van der Waals surface area contributed by atoms with E-state index >= 15 is 0 Å². The summed E-state index contributed by atoms with van der Waals surface area (Å²) in [4.78, 5) is 0. The molecule has 0 bridgehead atoms. The third-order valence-electron chi connectivity index (χ3n) is 2.57. The van der Waals surface area contributed by atoms with Gasteiger partial charge in [-0.2, -0.15) is 0 Å². The molecule has 0 aliphatic rings. The van der Waals surface area contributed by atoms with E-state index in [9.17, 15) is 4.39 Å². The van der Waals surface area contributed by atoms with Crippen LogP contribution < -0.4 is 5.32 Å². The lowest BCUT2D eigenvalue weighted by Gasteiger charge is -2.32. The van der Waals surface area contributed by atoms with E-state index in [1.807, 2.05) is 19.1 Å². The van der Waals surface area contributed by atoms with Gasteiger partial charge >= 0.3 is 0 Å². The Morgan fingerprint density at radius 2 is 2.00 bits per heavy atom. The van der Waals surface area contributed by atoms with E-state index in [1.165, 1.54) is 0 Å². The molecule has 0 aliphatic carbocycles. The summed E-state index contributed by atoms with van der Waals surface area (Å²) in [5, 5.41) is 3.35. The quantitative estimate of drug-likeness (QED) is 0.875. The highest BCUT2D eigenvalue weighted by atomic mass is 79.9. The molecule has 0 radical (unpaired) electrons. The summed E-state index contributed by atoms with van der Waals surface area (Å²) in [6.07, 6.45) is 0. The van der Waals surface area contributed by atoms with Crippen molar-refractivity contribution in [1.82, 2.24) is 5.32 Å². The molecule has 16 heavy (non-hydrogen) atoms. The Morgan fingerprint density at radius 3 is 2.50 bits per heavy atom. The molecule has 90 valence electrons. The molecule has 1 rings (SSSR count). The number of benzene rings is 1. The van der Waals surface area contributed by atoms with E-state index in [1.54, 1.807) is 6.07 Å². The molecule has 0 saturated carbocycles. The molecule has 0 spiro atoms. The molecule has 0 aliphatic heterocycles. The molecule has 0 heterocycles. The van der Waals surface area contributed by atoms with Crippen LogP contribution in [0.15, 0.2) is 22.7 Å². The second kappa shape index (κ2) is 5.28. The molecular weight excluding hydrogens is 269 g/mol. The topological polar surface area (TPSA) is 12.0 Å². The molecule has 1 aromatic carbocycles. The van der Waals surface area contributed by atoms with Crippen LogP contribution in [0.5, 0.6) is 0 Å². The highest BCUT2D eigenvalue weighted by Crippen LogP contribution is 2.35. The molecule has 0 amide bonds. The maximum absolute atomic E-state index is 14.0. The van der Waals surface area contributed by atoms with Crippen LogP contribution in [0, 0.1) is 11.2 Å². The Kier molecular flexibility index (Phi) is 4.51. The lowest BCUT2D eigenvalue weighted by Crippen LogP contribution is -2.32. The average Bonchev–Trinajstić information content (AvgIpc) is 2.18. The Balaban J connectivity index is 3.16. The summed E-state index contributed by atoms with van der Waals surface area (Å²) in [6, 6.07) is 5.47. The fraction of sp³-hybridized carbons (Fsp3) is 0.538. The summed E-state index contributed by atoms with van der Waals surface area (Å²) in [7, 11) is 0. The minimum atomic E-state index is -0.164. The Labute approximate surface area is 106 Å². The number of hydrogen-bond donors (Lipinski definition) is 1. The highest BCUT2D eigenvalue weighted by Gasteiger charge is 2.28. The van der Waals surface area contributed by atoms with Crippen molar-refractivity contribution in [2.45, 2.75) is 33.7 Å². The maximum atomic E-state index is 14.0. The second-order valence-corrected chi connectivity index (χ2v) is 5.85. The number of hydrogen-bond acceptors (Lipinski definition) is 1. The fourth-order valence-electron chi connectivity index (χ4n) is 1.83. The van der Waals surface area contributed by atoms with Crippen molar-refractivity contribution >= 4 is 15.9 Å². The molecule has 3 heteroatoms. The first-order valence-corrected chi connectivity index (χ1v) is 6.34. The van der Waals surface area contributed by atoms with Crippen molar-refractivity contribution in [2.75, 3.05) is 6.54 Å². The standard InChI is InChI=1S/C13H19BrFN/c1-5-16-12(13(2,3)4)9-7-6-8-10(14)11(9)15/h6-8,12,16H,5H2,1-4H3. The molecule has 1 aromatic rings. The minimum Gasteiger partial charge on any atom is -0.310 e. The SMILES string of the molecule is CCNC(c1cccc(Br)c1F)C(C)(C)C. The summed E-state index contributed by atoms with van der Waals surface area (Å²) in [6.45, 7) is 9.20. The van der Waals surface area contributed by atoms with E-state index in [0.717, 1.165) is 12.1 Å². The Bertz CT molecular complexity index is 357. The van der Waals surface area contributed by atoms with Crippen molar-refractivity contribution < 1.29 is 4.39 Å². The normalized spacial score (nSPS) is 13.9. The molecule has 1 unspecified atom stereocenters. The summed E-state index contributed by atoms with van der Waals surface area (Å²) in [5.41, 5.74) is 0.709. The van der Waals surface area contributed by atoms with Crippen molar-refractivity contribution in [3.05, 3.63) is 34.1 Å². The molecule has 0 fully saturated rings. The number of nitrogens with one attached hydrogen (secondary N) is 1. The molecule has 0 saturated heterocycles. The zero-order valence-electron chi connectivity index (χ0n) is 10.3. The third-order valence-corrected chi connectivity index (χ3v) is 3.18. The van der Waals surface area contributed by atoms with Gasteiger partial charge in [-0.3, -0.25) is 0 Å². The minimum absolute atomic E-state index is 0.0162. The van der Waals surface area contributed by atoms with Crippen LogP contribution in [-0.2, 0) is 0 Å². The first-order chi connectivity index (χ1) is 7.38. The monoisotopic (exact) mass is 287 g/mol. The lowest BCUT2D eigenvalue weighted by atomic mass is 9.82. The van der Waals surface area contributed by atoms with Crippen LogP contribution >= 0.6 is 15.9 Å². The average molecular weight is 288 g/mol. The molecule has 1 atom stereocenters. The van der Waals surface area contributed by atoms with E-state index in [-0.39, 0.29) is 17.3 Å². The van der Waals surface area contributed by atoms with Gasteiger partial charge in [0.25, 0.3) is 0 Å². The molecular formula is C13H19BrFN. The maximum Gasteiger partial charge on any atom is 0.142 e. The molecule has 0 aromatic heterocycles. The lowest BCUT2D eigenvalue weighted by molar-refractivity contribution is 0.270. The van der Waals surface area contributed by atoms with Gasteiger partial charge in [0, 0.05) is 11.6 Å². The fourth-order valence-corrected chi connectivity index (χ4v) is 2.21. The highest BCUT2D eigenvalue weighted by molar-refractivity contribution is 9.10. The summed E-state index contributed by atoms with van der Waals surface area (Å²) < 4.78 is 14.5. The van der Waals surface area contributed by atoms with Crippen molar-refractivity contribution in [3.8, 4) is 0 Å². The van der Waals surface area contributed by atoms with Gasteiger partial charge in [-0.1, -0.05) is 39.8 Å². The first-order valence-electron chi connectivity index (χ1n) is 5.55. The van der Waals surface area contributed by atoms with Gasteiger partial charge in [-0.05, 0) is 34.0 Å². The van der Waals surface area contributed by atoms with Gasteiger partial charge in [0.2, 0.25) is 0 Å². The van der Waals surface area contributed by atoms with Crippen molar-refractivity contribution in [1.29, 1.82) is 0 Å². The van der Waals surface area contributed by atoms with Gasteiger partial charge in [-0.15, -0.1) is 0 Å². The van der Waals surface area contributed by atoms with E-state index in [4.69, 9.17) is 0 Å². The molecule has 1 N–H and O–H groups in total. The van der Waals surface area contributed by atoms with Crippen LogP contribution in [0.3, 0.4) is 0 Å². The van der Waals surface area contributed by atoms with Crippen LogP contribution in [0.25, 0.3) is 0 Å². The summed E-state index contributed by atoms with van der Waals surface area (Å²) >= 11 is 3.23. The van der Waals surface area contributed by atoms with Crippen LogP contribution in [0.1, 0.15) is 39.3 Å². The van der Waals surface area contributed by atoms with Gasteiger partial charge in [0.1, 0.15) is 5.82 Å². The van der Waals surface area contributed by atoms with Gasteiger partial charge in [0.05, 0.1) is 4.47 Å². The van der Waals surface area contributed by atoms with Crippen molar-refractivity contribution in [2.24, 2.45) is 5.41 Å². The zero-order chi connectivity index (χ0) is 12.3. The number of rotatable bonds is 3. The predicted molar refractivity (Wildman–Crippen MR) is 70.0 cm³/mol. The zero-order valence-corrected chi connectivity index (χ0v) is 11.9. The van der Waals surface area contributed by atoms with Gasteiger partial charge in [0.15, 0.2) is 0 Å². The third kappa shape index (κ3) is 3.05. The van der Waals surface area contributed by atoms with Crippen LogP contribution in [-0.4, -0.2) is 6.54 Å². The van der Waals surface area contributed by atoms with E-state index in [2.05, 4.69) is 42.0 Å².